The zero-order chi connectivity index (χ0) is 27.7. The smallest absolute Gasteiger partial charge is 0.219 e. The molecule has 4 aromatic rings. The number of hydrogen-bond acceptors (Lipinski definition) is 9. The number of anilines is 1. The molecule has 5 heterocycles. The molecule has 0 unspecified atom stereocenters. The van der Waals surface area contributed by atoms with Crippen LogP contribution in [-0.2, 0) is 21.2 Å². The molecule has 0 atom stereocenters. The van der Waals surface area contributed by atoms with Gasteiger partial charge in [-0.3, -0.25) is 9.48 Å². The first-order valence-corrected chi connectivity index (χ1v) is 14.4. The molecule has 0 bridgehead atoms. The summed E-state index contributed by atoms with van der Waals surface area (Å²) >= 11 is 0. The molecular weight excluding hydrogens is 518 g/mol. The van der Waals surface area contributed by atoms with Gasteiger partial charge in [0.1, 0.15) is 17.6 Å². The van der Waals surface area contributed by atoms with Crippen LogP contribution in [0, 0.1) is 11.3 Å². The van der Waals surface area contributed by atoms with Crippen molar-refractivity contribution in [2.75, 3.05) is 36.8 Å². The van der Waals surface area contributed by atoms with Crippen LogP contribution in [0.2, 0.25) is 0 Å². The van der Waals surface area contributed by atoms with E-state index in [1.165, 1.54) is 10.9 Å². The highest BCUT2D eigenvalue weighted by Crippen LogP contribution is 2.32. The number of carbonyl (C=O) groups excluding carboxylic acids is 1. The van der Waals surface area contributed by atoms with Crippen LogP contribution in [0.3, 0.4) is 0 Å². The van der Waals surface area contributed by atoms with Gasteiger partial charge in [-0.05, 0) is 32.0 Å². The van der Waals surface area contributed by atoms with Gasteiger partial charge in [0.15, 0.2) is 9.84 Å². The number of pyridine rings is 2. The number of aryl methyl sites for hydroxylation is 1. The van der Waals surface area contributed by atoms with Gasteiger partial charge in [-0.15, -0.1) is 5.10 Å². The Labute approximate surface area is 226 Å². The van der Waals surface area contributed by atoms with Gasteiger partial charge in [0, 0.05) is 62.2 Å². The summed E-state index contributed by atoms with van der Waals surface area (Å²) in [6.07, 6.45) is 6.77. The third-order valence-corrected chi connectivity index (χ3v) is 9.19. The standard InChI is InChI=1S/C26H29N9O3S/c1-18(2)39(37,38)11-10-34-17-24(30-31-34)21-12-23(26-22(13-27)15-29-35(26)16-21)20-4-5-25(28-14-20)33-8-6-32(7-9-33)19(3)36/h4-5,12,14-18H,6-11H2,1-3H3. The minimum Gasteiger partial charge on any atom is -0.353 e. The monoisotopic (exact) mass is 547 g/mol. The maximum Gasteiger partial charge on any atom is 0.219 e. The molecular formula is C26H29N9O3S. The number of sulfone groups is 1. The molecule has 0 aromatic carbocycles. The molecule has 5 rings (SSSR count). The van der Waals surface area contributed by atoms with Crippen LogP contribution in [0.4, 0.5) is 5.82 Å². The molecule has 13 heteroatoms. The van der Waals surface area contributed by atoms with Crippen molar-refractivity contribution in [2.45, 2.75) is 32.6 Å². The molecule has 202 valence electrons. The van der Waals surface area contributed by atoms with E-state index in [-0.39, 0.29) is 18.2 Å². The fourth-order valence-corrected chi connectivity index (χ4v) is 5.46. The first kappa shape index (κ1) is 26.3. The number of hydrogen-bond donors (Lipinski definition) is 0. The molecule has 1 saturated heterocycles. The number of nitrogens with zero attached hydrogens (tertiary/aromatic N) is 9. The predicted molar refractivity (Wildman–Crippen MR) is 146 cm³/mol. The largest absolute Gasteiger partial charge is 0.353 e. The maximum atomic E-state index is 12.2. The highest BCUT2D eigenvalue weighted by molar-refractivity contribution is 7.91. The van der Waals surface area contributed by atoms with E-state index in [9.17, 15) is 18.5 Å². The van der Waals surface area contributed by atoms with Crippen molar-refractivity contribution >= 4 is 27.1 Å². The van der Waals surface area contributed by atoms with Crippen LogP contribution in [0.15, 0.2) is 43.0 Å². The van der Waals surface area contributed by atoms with E-state index in [0.29, 0.717) is 48.5 Å². The lowest BCUT2D eigenvalue weighted by atomic mass is 10.0. The summed E-state index contributed by atoms with van der Waals surface area (Å²) in [5, 5.41) is 22.0. The molecule has 0 N–H and O–H groups in total. The van der Waals surface area contributed by atoms with E-state index in [1.807, 2.05) is 23.1 Å². The van der Waals surface area contributed by atoms with Crippen molar-refractivity contribution in [3.05, 3.63) is 48.5 Å². The number of fused-ring (bicyclic) bond motifs is 1. The number of aromatic nitrogens is 6. The van der Waals surface area contributed by atoms with Crippen molar-refractivity contribution in [3.8, 4) is 28.5 Å². The third kappa shape index (κ3) is 5.33. The predicted octanol–water partition coefficient (Wildman–Crippen LogP) is 2.02. The summed E-state index contributed by atoms with van der Waals surface area (Å²) < 4.78 is 27.6. The molecule has 0 aliphatic carbocycles. The van der Waals surface area contributed by atoms with Crippen molar-refractivity contribution < 1.29 is 13.2 Å². The van der Waals surface area contributed by atoms with Crippen LogP contribution in [0.5, 0.6) is 0 Å². The first-order valence-electron chi connectivity index (χ1n) is 12.7. The summed E-state index contributed by atoms with van der Waals surface area (Å²) in [7, 11) is -3.20. The topological polar surface area (TPSA) is 142 Å². The van der Waals surface area contributed by atoms with Gasteiger partial charge in [0.25, 0.3) is 0 Å². The number of amides is 1. The van der Waals surface area contributed by atoms with E-state index < -0.39 is 15.1 Å². The van der Waals surface area contributed by atoms with Crippen molar-refractivity contribution in [1.29, 1.82) is 5.26 Å². The molecule has 12 nitrogen and oxygen atoms in total. The van der Waals surface area contributed by atoms with E-state index in [4.69, 9.17) is 0 Å². The van der Waals surface area contributed by atoms with Gasteiger partial charge in [-0.2, -0.15) is 10.4 Å². The quantitative estimate of drug-likeness (QED) is 0.339. The average Bonchev–Trinajstić information content (AvgIpc) is 3.59. The molecule has 0 radical (unpaired) electrons. The van der Waals surface area contributed by atoms with E-state index in [0.717, 1.165) is 16.9 Å². The molecule has 1 aliphatic rings. The van der Waals surface area contributed by atoms with Crippen LogP contribution >= 0.6 is 0 Å². The first-order chi connectivity index (χ1) is 18.7. The lowest BCUT2D eigenvalue weighted by Gasteiger charge is -2.34. The van der Waals surface area contributed by atoms with E-state index in [1.54, 1.807) is 43.9 Å². The Kier molecular flexibility index (Phi) is 7.05. The van der Waals surface area contributed by atoms with Gasteiger partial charge in [-0.1, -0.05) is 5.21 Å². The molecule has 1 aliphatic heterocycles. The second-order valence-corrected chi connectivity index (χ2v) is 12.5. The minimum absolute atomic E-state index is 0.0236. The zero-order valence-electron chi connectivity index (χ0n) is 22.0. The molecule has 0 saturated carbocycles. The van der Waals surface area contributed by atoms with Gasteiger partial charge in [-0.25, -0.2) is 17.9 Å². The Hall–Kier alpha value is -4.31. The highest BCUT2D eigenvalue weighted by atomic mass is 32.2. The van der Waals surface area contributed by atoms with Gasteiger partial charge < -0.3 is 9.80 Å². The van der Waals surface area contributed by atoms with Crippen LogP contribution in [0.25, 0.3) is 27.9 Å². The number of rotatable bonds is 7. The second-order valence-electron chi connectivity index (χ2n) is 9.79. The zero-order valence-corrected chi connectivity index (χ0v) is 22.8. The molecule has 1 amide bonds. The van der Waals surface area contributed by atoms with E-state index in [2.05, 4.69) is 31.4 Å². The van der Waals surface area contributed by atoms with Crippen molar-refractivity contribution in [2.24, 2.45) is 0 Å². The summed E-state index contributed by atoms with van der Waals surface area (Å²) in [4.78, 5) is 20.3. The summed E-state index contributed by atoms with van der Waals surface area (Å²) in [6, 6.07) is 8.02. The summed E-state index contributed by atoms with van der Waals surface area (Å²) in [6.45, 7) is 7.85. The van der Waals surface area contributed by atoms with Crippen LogP contribution in [0.1, 0.15) is 26.3 Å². The molecule has 39 heavy (non-hydrogen) atoms. The van der Waals surface area contributed by atoms with Crippen molar-refractivity contribution in [3.63, 3.8) is 0 Å². The fraction of sp³-hybridized carbons (Fsp3) is 0.385. The summed E-state index contributed by atoms with van der Waals surface area (Å²) in [5.74, 6) is 0.878. The second kappa shape index (κ2) is 10.5. The lowest BCUT2D eigenvalue weighted by Crippen LogP contribution is -2.48. The number of nitriles is 1. The van der Waals surface area contributed by atoms with E-state index >= 15 is 0 Å². The third-order valence-electron chi connectivity index (χ3n) is 7.00. The number of piperazine rings is 1. The number of carbonyl (C=O) groups is 1. The van der Waals surface area contributed by atoms with Gasteiger partial charge in [0.05, 0.1) is 41.0 Å². The normalized spacial score (nSPS) is 14.2. The maximum absolute atomic E-state index is 12.2. The Bertz CT molecular complexity index is 1660. The molecule has 4 aromatic heterocycles. The summed E-state index contributed by atoms with van der Waals surface area (Å²) in [5.41, 5.74) is 3.93. The Morgan fingerprint density at radius 2 is 1.87 bits per heavy atom. The van der Waals surface area contributed by atoms with Gasteiger partial charge in [0.2, 0.25) is 5.91 Å². The SMILES string of the molecule is CC(=O)N1CCN(c2ccc(-c3cc(-c4cn(CCS(=O)(=O)C(C)C)nn4)cn4ncc(C#N)c34)cn2)CC1. The Morgan fingerprint density at radius 3 is 2.51 bits per heavy atom. The fourth-order valence-electron chi connectivity index (χ4n) is 4.54. The van der Waals surface area contributed by atoms with Gasteiger partial charge >= 0.3 is 0 Å². The lowest BCUT2D eigenvalue weighted by molar-refractivity contribution is -0.129. The average molecular weight is 548 g/mol. The minimum atomic E-state index is -3.20. The molecule has 1 fully saturated rings. The van der Waals surface area contributed by atoms with Crippen LogP contribution < -0.4 is 4.90 Å². The Balaban J connectivity index is 1.44. The molecule has 0 spiro atoms. The van der Waals surface area contributed by atoms with Crippen LogP contribution in [-0.4, -0.2) is 86.0 Å². The Morgan fingerprint density at radius 1 is 1.10 bits per heavy atom. The van der Waals surface area contributed by atoms with Crippen molar-refractivity contribution in [1.82, 2.24) is 34.5 Å². The highest BCUT2D eigenvalue weighted by Gasteiger charge is 2.21.